The topological polar surface area (TPSA) is 15.3 Å². The molecule has 2 nitrogen and oxygen atoms in total. The van der Waals surface area contributed by atoms with E-state index in [1.165, 1.54) is 84.1 Å². The third-order valence-electron chi connectivity index (χ3n) is 4.85. The molecule has 0 bridgehead atoms. The van der Waals surface area contributed by atoms with Gasteiger partial charge in [-0.2, -0.15) is 0 Å². The Labute approximate surface area is 114 Å². The van der Waals surface area contributed by atoms with Gasteiger partial charge in [0.1, 0.15) is 0 Å². The molecule has 1 saturated carbocycles. The molecular weight excluding hydrogens is 220 g/mol. The second-order valence-corrected chi connectivity index (χ2v) is 6.42. The number of piperidine rings is 1. The Bertz CT molecular complexity index is 203. The number of nitrogens with one attached hydrogen (secondary N) is 1. The van der Waals surface area contributed by atoms with Crippen LogP contribution in [-0.4, -0.2) is 37.6 Å². The van der Waals surface area contributed by atoms with Crippen molar-refractivity contribution < 1.29 is 0 Å². The molecule has 2 aliphatic rings. The molecule has 1 heterocycles. The lowest BCUT2D eigenvalue weighted by Crippen LogP contribution is -2.40. The largest absolute Gasteiger partial charge is 0.316 e. The van der Waals surface area contributed by atoms with Crippen LogP contribution in [0.3, 0.4) is 0 Å². The number of nitrogens with zero attached hydrogens (tertiary/aromatic N) is 1. The first-order valence-electron chi connectivity index (χ1n) is 8.31. The second-order valence-electron chi connectivity index (χ2n) is 6.42. The summed E-state index contributed by atoms with van der Waals surface area (Å²) in [6, 6.07) is 0. The first-order chi connectivity index (χ1) is 8.88. The quantitative estimate of drug-likeness (QED) is 0.755. The van der Waals surface area contributed by atoms with E-state index in [1.807, 2.05) is 0 Å². The molecule has 2 rings (SSSR count). The smallest absolute Gasteiger partial charge is 0.00218 e. The molecule has 0 aromatic heterocycles. The Balaban J connectivity index is 1.72. The van der Waals surface area contributed by atoms with Crippen molar-refractivity contribution in [2.24, 2.45) is 11.8 Å². The summed E-state index contributed by atoms with van der Waals surface area (Å²) in [5.41, 5.74) is 0. The minimum absolute atomic E-state index is 0.907. The average molecular weight is 252 g/mol. The molecule has 106 valence electrons. The number of hydrogen-bond donors (Lipinski definition) is 1. The van der Waals surface area contributed by atoms with Crippen molar-refractivity contribution in [3.05, 3.63) is 0 Å². The molecule has 0 aromatic carbocycles. The van der Waals surface area contributed by atoms with Crippen LogP contribution < -0.4 is 5.32 Å². The number of rotatable bonds is 5. The molecule has 0 radical (unpaired) electrons. The van der Waals surface area contributed by atoms with Gasteiger partial charge in [0.05, 0.1) is 0 Å². The Morgan fingerprint density at radius 3 is 2.17 bits per heavy atom. The van der Waals surface area contributed by atoms with Crippen molar-refractivity contribution in [1.29, 1.82) is 0 Å². The maximum Gasteiger partial charge on any atom is 0.00218 e. The molecule has 2 heteroatoms. The summed E-state index contributed by atoms with van der Waals surface area (Å²) in [5.74, 6) is 1.90. The molecule has 1 saturated heterocycles. The van der Waals surface area contributed by atoms with Crippen LogP contribution in [0.2, 0.25) is 0 Å². The summed E-state index contributed by atoms with van der Waals surface area (Å²) < 4.78 is 0. The lowest BCUT2D eigenvalue weighted by atomic mass is 9.96. The molecule has 0 spiro atoms. The molecule has 0 amide bonds. The van der Waals surface area contributed by atoms with Crippen LogP contribution >= 0.6 is 0 Å². The molecule has 1 aliphatic heterocycles. The molecular formula is C16H32N2. The van der Waals surface area contributed by atoms with Crippen LogP contribution in [0, 0.1) is 11.8 Å². The maximum absolute atomic E-state index is 3.55. The highest BCUT2D eigenvalue weighted by molar-refractivity contribution is 4.75. The highest BCUT2D eigenvalue weighted by atomic mass is 15.1. The minimum atomic E-state index is 0.907. The van der Waals surface area contributed by atoms with Crippen LogP contribution in [0.1, 0.15) is 58.3 Å². The Morgan fingerprint density at radius 1 is 0.889 bits per heavy atom. The summed E-state index contributed by atoms with van der Waals surface area (Å²) in [4.78, 5) is 2.73. The monoisotopic (exact) mass is 252 g/mol. The lowest BCUT2D eigenvalue weighted by molar-refractivity contribution is 0.182. The SMILES string of the molecule is CCN(CC1CCCCCC1)CC1CCCNC1. The Kier molecular flexibility index (Phi) is 6.50. The third kappa shape index (κ3) is 4.89. The summed E-state index contributed by atoms with van der Waals surface area (Å²) in [6.45, 7) is 8.78. The standard InChI is InChI=1S/C16H32N2/c1-2-18(14-16-10-7-11-17-12-16)13-15-8-5-3-4-6-9-15/h15-17H,2-14H2,1H3. The van der Waals surface area contributed by atoms with E-state index in [0.717, 1.165) is 11.8 Å². The maximum atomic E-state index is 3.55. The molecule has 2 fully saturated rings. The van der Waals surface area contributed by atoms with Crippen LogP contribution in [0.25, 0.3) is 0 Å². The van der Waals surface area contributed by atoms with Crippen molar-refractivity contribution in [2.45, 2.75) is 58.3 Å². The molecule has 18 heavy (non-hydrogen) atoms. The van der Waals surface area contributed by atoms with Gasteiger partial charge in [-0.15, -0.1) is 0 Å². The van der Waals surface area contributed by atoms with E-state index in [4.69, 9.17) is 0 Å². The van der Waals surface area contributed by atoms with E-state index >= 15 is 0 Å². The van der Waals surface area contributed by atoms with Crippen molar-refractivity contribution >= 4 is 0 Å². The van der Waals surface area contributed by atoms with Gasteiger partial charge in [0, 0.05) is 13.1 Å². The molecule has 1 atom stereocenters. The van der Waals surface area contributed by atoms with Gasteiger partial charge in [-0.05, 0) is 57.2 Å². The first kappa shape index (κ1) is 14.3. The Hall–Kier alpha value is -0.0800. The van der Waals surface area contributed by atoms with E-state index in [2.05, 4.69) is 17.1 Å². The van der Waals surface area contributed by atoms with Gasteiger partial charge in [0.15, 0.2) is 0 Å². The van der Waals surface area contributed by atoms with Gasteiger partial charge in [-0.3, -0.25) is 0 Å². The predicted molar refractivity (Wildman–Crippen MR) is 78.9 cm³/mol. The molecule has 1 N–H and O–H groups in total. The van der Waals surface area contributed by atoms with Crippen molar-refractivity contribution in [1.82, 2.24) is 10.2 Å². The molecule has 1 aliphatic carbocycles. The summed E-state index contributed by atoms with van der Waals surface area (Å²) >= 11 is 0. The third-order valence-corrected chi connectivity index (χ3v) is 4.85. The van der Waals surface area contributed by atoms with E-state index < -0.39 is 0 Å². The first-order valence-corrected chi connectivity index (χ1v) is 8.31. The van der Waals surface area contributed by atoms with Crippen LogP contribution in [-0.2, 0) is 0 Å². The van der Waals surface area contributed by atoms with Gasteiger partial charge in [-0.1, -0.05) is 32.6 Å². The second kappa shape index (κ2) is 8.16. The fourth-order valence-corrected chi connectivity index (χ4v) is 3.69. The van der Waals surface area contributed by atoms with Gasteiger partial charge in [-0.25, -0.2) is 0 Å². The normalized spacial score (nSPS) is 27.3. The minimum Gasteiger partial charge on any atom is -0.316 e. The van der Waals surface area contributed by atoms with Crippen LogP contribution in [0.4, 0.5) is 0 Å². The predicted octanol–water partition coefficient (Wildman–Crippen LogP) is 3.28. The highest BCUT2D eigenvalue weighted by Crippen LogP contribution is 2.24. The van der Waals surface area contributed by atoms with Gasteiger partial charge >= 0.3 is 0 Å². The zero-order valence-corrected chi connectivity index (χ0v) is 12.3. The zero-order chi connectivity index (χ0) is 12.6. The van der Waals surface area contributed by atoms with Crippen LogP contribution in [0.15, 0.2) is 0 Å². The Morgan fingerprint density at radius 2 is 1.56 bits per heavy atom. The fraction of sp³-hybridized carbons (Fsp3) is 1.00. The lowest BCUT2D eigenvalue weighted by Gasteiger charge is -2.31. The fourth-order valence-electron chi connectivity index (χ4n) is 3.69. The molecule has 1 unspecified atom stereocenters. The van der Waals surface area contributed by atoms with Crippen molar-refractivity contribution in [3.63, 3.8) is 0 Å². The summed E-state index contributed by atoms with van der Waals surface area (Å²) in [6.07, 6.45) is 11.7. The summed E-state index contributed by atoms with van der Waals surface area (Å²) in [5, 5.41) is 3.55. The van der Waals surface area contributed by atoms with E-state index in [-0.39, 0.29) is 0 Å². The van der Waals surface area contributed by atoms with Crippen LogP contribution in [0.5, 0.6) is 0 Å². The highest BCUT2D eigenvalue weighted by Gasteiger charge is 2.19. The van der Waals surface area contributed by atoms with Crippen molar-refractivity contribution in [2.75, 3.05) is 32.7 Å². The summed E-state index contributed by atoms with van der Waals surface area (Å²) in [7, 11) is 0. The van der Waals surface area contributed by atoms with Gasteiger partial charge < -0.3 is 10.2 Å². The van der Waals surface area contributed by atoms with Crippen molar-refractivity contribution in [3.8, 4) is 0 Å². The average Bonchev–Trinajstić information content (AvgIpc) is 2.68. The van der Waals surface area contributed by atoms with E-state index in [9.17, 15) is 0 Å². The van der Waals surface area contributed by atoms with E-state index in [0.29, 0.717) is 0 Å². The van der Waals surface area contributed by atoms with Gasteiger partial charge in [0.25, 0.3) is 0 Å². The molecule has 0 aromatic rings. The number of hydrogen-bond acceptors (Lipinski definition) is 2. The van der Waals surface area contributed by atoms with E-state index in [1.54, 1.807) is 0 Å². The van der Waals surface area contributed by atoms with Gasteiger partial charge in [0.2, 0.25) is 0 Å². The zero-order valence-electron chi connectivity index (χ0n) is 12.3.